The van der Waals surface area contributed by atoms with Gasteiger partial charge in [-0.2, -0.15) is 0 Å². The largest absolute Gasteiger partial charge is 0.369 e. The van der Waals surface area contributed by atoms with E-state index >= 15 is 0 Å². The average Bonchev–Trinajstić information content (AvgIpc) is 3.13. The highest BCUT2D eigenvalue weighted by Gasteiger charge is 2.24. The van der Waals surface area contributed by atoms with Gasteiger partial charge in [0.25, 0.3) is 0 Å². The van der Waals surface area contributed by atoms with Crippen LogP contribution in [0.15, 0.2) is 28.8 Å². The lowest BCUT2D eigenvalue weighted by Gasteiger charge is -2.19. The Bertz CT molecular complexity index is 712. The Balaban J connectivity index is 1.49. The summed E-state index contributed by atoms with van der Waals surface area (Å²) in [5, 5.41) is 10.5. The first-order chi connectivity index (χ1) is 11.5. The van der Waals surface area contributed by atoms with Gasteiger partial charge in [0.1, 0.15) is 5.76 Å². The Morgan fingerprint density at radius 3 is 3.00 bits per heavy atom. The van der Waals surface area contributed by atoms with E-state index in [2.05, 4.69) is 20.7 Å². The minimum absolute atomic E-state index is 0.119. The van der Waals surface area contributed by atoms with Crippen LogP contribution in [0.1, 0.15) is 23.4 Å². The number of aromatic nitrogens is 1. The number of urea groups is 1. The Morgan fingerprint density at radius 1 is 1.46 bits per heavy atom. The first kappa shape index (κ1) is 16.6. The summed E-state index contributed by atoms with van der Waals surface area (Å²) < 4.78 is 5.09. The molecule has 1 saturated heterocycles. The lowest BCUT2D eigenvalue weighted by atomic mass is 10.2. The fourth-order valence-corrected chi connectivity index (χ4v) is 3.13. The number of anilines is 1. The topological polar surface area (TPSA) is 70.4 Å². The number of aryl methyl sites for hydroxylation is 2. The van der Waals surface area contributed by atoms with Gasteiger partial charge in [0.2, 0.25) is 0 Å². The Morgan fingerprint density at radius 2 is 2.29 bits per heavy atom. The van der Waals surface area contributed by atoms with Crippen LogP contribution in [-0.4, -0.2) is 30.3 Å². The van der Waals surface area contributed by atoms with Crippen molar-refractivity contribution in [2.45, 2.75) is 32.9 Å². The minimum atomic E-state index is -0.173. The van der Waals surface area contributed by atoms with Crippen LogP contribution < -0.4 is 15.5 Å². The molecule has 1 unspecified atom stereocenters. The van der Waals surface area contributed by atoms with Crippen molar-refractivity contribution < 1.29 is 9.32 Å². The number of nitrogens with one attached hydrogen (secondary N) is 2. The zero-order valence-corrected chi connectivity index (χ0v) is 14.6. The van der Waals surface area contributed by atoms with Gasteiger partial charge in [-0.3, -0.25) is 0 Å². The highest BCUT2D eigenvalue weighted by Crippen LogP contribution is 2.23. The molecule has 24 heavy (non-hydrogen) atoms. The van der Waals surface area contributed by atoms with Gasteiger partial charge >= 0.3 is 6.03 Å². The molecule has 2 heterocycles. The third-order valence-electron chi connectivity index (χ3n) is 4.30. The van der Waals surface area contributed by atoms with Crippen LogP contribution in [0.3, 0.4) is 0 Å². The molecule has 1 fully saturated rings. The zero-order valence-electron chi connectivity index (χ0n) is 13.8. The maximum absolute atomic E-state index is 12.1. The molecule has 1 atom stereocenters. The Hall–Kier alpha value is -2.21. The quantitative estimate of drug-likeness (QED) is 0.891. The standard InChI is InChI=1S/C17H21ClN4O2/c1-11-16(12(2)24-21-11)9-19-17(23)20-14-6-7-22(10-14)15-5-3-4-13(18)8-15/h3-5,8,14H,6-7,9-10H2,1-2H3,(H2,19,20,23). The van der Waals surface area contributed by atoms with Gasteiger partial charge < -0.3 is 20.1 Å². The van der Waals surface area contributed by atoms with Crippen molar-refractivity contribution >= 4 is 23.3 Å². The number of hydrogen-bond donors (Lipinski definition) is 2. The van der Waals surface area contributed by atoms with Crippen molar-refractivity contribution in [2.24, 2.45) is 0 Å². The molecular formula is C17H21ClN4O2. The van der Waals surface area contributed by atoms with Crippen LogP contribution in [0.25, 0.3) is 0 Å². The van der Waals surface area contributed by atoms with Crippen LogP contribution in [0, 0.1) is 13.8 Å². The Kier molecular flexibility index (Phi) is 4.94. The average molecular weight is 349 g/mol. The molecule has 128 valence electrons. The number of halogens is 1. The molecule has 0 aliphatic carbocycles. The van der Waals surface area contributed by atoms with Crippen molar-refractivity contribution in [2.75, 3.05) is 18.0 Å². The van der Waals surface area contributed by atoms with Gasteiger partial charge in [0.05, 0.1) is 5.69 Å². The molecule has 1 aliphatic rings. The molecule has 1 aromatic carbocycles. The molecule has 2 N–H and O–H groups in total. The zero-order chi connectivity index (χ0) is 17.1. The number of rotatable bonds is 4. The predicted molar refractivity (Wildman–Crippen MR) is 93.4 cm³/mol. The van der Waals surface area contributed by atoms with E-state index in [1.807, 2.05) is 38.1 Å². The number of carbonyl (C=O) groups is 1. The van der Waals surface area contributed by atoms with Gasteiger partial charge in [-0.15, -0.1) is 0 Å². The second-order valence-electron chi connectivity index (χ2n) is 6.04. The first-order valence-corrected chi connectivity index (χ1v) is 8.37. The third kappa shape index (κ3) is 3.82. The molecule has 2 aromatic rings. The maximum atomic E-state index is 12.1. The molecular weight excluding hydrogens is 328 g/mol. The molecule has 1 aliphatic heterocycles. The summed E-state index contributed by atoms with van der Waals surface area (Å²) >= 11 is 6.04. The fourth-order valence-electron chi connectivity index (χ4n) is 2.94. The SMILES string of the molecule is Cc1noc(C)c1CNC(=O)NC1CCN(c2cccc(Cl)c2)C1. The summed E-state index contributed by atoms with van der Waals surface area (Å²) in [5.41, 5.74) is 2.82. The van der Waals surface area contributed by atoms with Crippen LogP contribution in [0.5, 0.6) is 0 Å². The second-order valence-corrected chi connectivity index (χ2v) is 6.48. The van der Waals surface area contributed by atoms with E-state index in [4.69, 9.17) is 16.1 Å². The van der Waals surface area contributed by atoms with E-state index in [0.29, 0.717) is 6.54 Å². The van der Waals surface area contributed by atoms with Crippen molar-refractivity contribution in [1.82, 2.24) is 15.8 Å². The van der Waals surface area contributed by atoms with Crippen molar-refractivity contribution in [1.29, 1.82) is 0 Å². The van der Waals surface area contributed by atoms with Gasteiger partial charge in [-0.25, -0.2) is 4.79 Å². The van der Waals surface area contributed by atoms with E-state index in [1.54, 1.807) is 0 Å². The van der Waals surface area contributed by atoms with E-state index in [9.17, 15) is 4.79 Å². The van der Waals surface area contributed by atoms with E-state index < -0.39 is 0 Å². The molecule has 2 amide bonds. The summed E-state index contributed by atoms with van der Waals surface area (Å²) in [7, 11) is 0. The number of nitrogens with zero attached hydrogens (tertiary/aromatic N) is 2. The summed E-state index contributed by atoms with van der Waals surface area (Å²) in [6.45, 7) is 5.80. The van der Waals surface area contributed by atoms with Crippen molar-refractivity contribution in [3.8, 4) is 0 Å². The van der Waals surface area contributed by atoms with E-state index in [1.165, 1.54) is 0 Å². The summed E-state index contributed by atoms with van der Waals surface area (Å²) in [6.07, 6.45) is 0.908. The van der Waals surface area contributed by atoms with E-state index in [0.717, 1.165) is 47.2 Å². The lowest BCUT2D eigenvalue weighted by Crippen LogP contribution is -2.43. The monoisotopic (exact) mass is 348 g/mol. The summed E-state index contributed by atoms with van der Waals surface area (Å²) in [6, 6.07) is 7.72. The number of benzene rings is 1. The summed E-state index contributed by atoms with van der Waals surface area (Å²) in [4.78, 5) is 14.3. The smallest absolute Gasteiger partial charge is 0.315 e. The summed E-state index contributed by atoms with van der Waals surface area (Å²) in [5.74, 6) is 0.737. The van der Waals surface area contributed by atoms with E-state index in [-0.39, 0.29) is 12.1 Å². The Labute approximate surface area is 146 Å². The first-order valence-electron chi connectivity index (χ1n) is 7.99. The number of amides is 2. The maximum Gasteiger partial charge on any atom is 0.315 e. The normalized spacial score (nSPS) is 17.1. The molecule has 0 radical (unpaired) electrons. The molecule has 0 bridgehead atoms. The minimum Gasteiger partial charge on any atom is -0.369 e. The molecule has 7 heteroatoms. The second kappa shape index (κ2) is 7.13. The highest BCUT2D eigenvalue weighted by molar-refractivity contribution is 6.30. The highest BCUT2D eigenvalue weighted by atomic mass is 35.5. The fraction of sp³-hybridized carbons (Fsp3) is 0.412. The predicted octanol–water partition coefficient (Wildman–Crippen LogP) is 3.02. The van der Waals surface area contributed by atoms with Crippen molar-refractivity contribution in [3.05, 3.63) is 46.3 Å². The van der Waals surface area contributed by atoms with Crippen LogP contribution in [0.2, 0.25) is 5.02 Å². The van der Waals surface area contributed by atoms with Crippen LogP contribution in [-0.2, 0) is 6.54 Å². The van der Waals surface area contributed by atoms with Crippen LogP contribution in [0.4, 0.5) is 10.5 Å². The lowest BCUT2D eigenvalue weighted by molar-refractivity contribution is 0.237. The molecule has 3 rings (SSSR count). The van der Waals surface area contributed by atoms with Gasteiger partial charge in [-0.05, 0) is 38.5 Å². The van der Waals surface area contributed by atoms with Crippen LogP contribution >= 0.6 is 11.6 Å². The number of carbonyl (C=O) groups excluding carboxylic acids is 1. The third-order valence-corrected chi connectivity index (χ3v) is 4.54. The van der Waals surface area contributed by atoms with Gasteiger partial charge in [0.15, 0.2) is 0 Å². The molecule has 6 nitrogen and oxygen atoms in total. The van der Waals surface area contributed by atoms with Crippen molar-refractivity contribution in [3.63, 3.8) is 0 Å². The molecule has 0 spiro atoms. The molecule has 0 saturated carbocycles. The van der Waals surface area contributed by atoms with Gasteiger partial charge in [-0.1, -0.05) is 22.8 Å². The number of hydrogen-bond acceptors (Lipinski definition) is 4. The van der Waals surface area contributed by atoms with Gasteiger partial charge in [0, 0.05) is 41.9 Å². The molecule has 1 aromatic heterocycles.